The Morgan fingerprint density at radius 3 is 2.86 bits per heavy atom. The molecule has 1 N–H and O–H groups in total. The van der Waals surface area contributed by atoms with E-state index < -0.39 is 0 Å². The van der Waals surface area contributed by atoms with Crippen molar-refractivity contribution in [1.82, 2.24) is 9.47 Å². The smallest absolute Gasteiger partial charge is 0.238 e. The Bertz CT molecular complexity index is 667. The highest BCUT2D eigenvalue weighted by Crippen LogP contribution is 2.31. The fourth-order valence-electron chi connectivity index (χ4n) is 3.11. The minimum atomic E-state index is 0.0604. The Morgan fingerprint density at radius 2 is 2.14 bits per heavy atom. The minimum Gasteiger partial charge on any atom is -0.353 e. The van der Waals surface area contributed by atoms with Crippen LogP contribution in [0.25, 0.3) is 0 Å². The van der Waals surface area contributed by atoms with Gasteiger partial charge in [-0.05, 0) is 66.2 Å². The van der Waals surface area contributed by atoms with E-state index in [4.69, 9.17) is 0 Å². The lowest BCUT2D eigenvalue weighted by molar-refractivity contribution is -0.117. The number of nitrogens with one attached hydrogen (secondary N) is 1. The lowest BCUT2D eigenvalue weighted by Gasteiger charge is -2.24. The number of carbonyl (C=O) groups is 1. The van der Waals surface area contributed by atoms with Gasteiger partial charge in [-0.2, -0.15) is 0 Å². The fourth-order valence-corrected chi connectivity index (χ4v) is 3.63. The van der Waals surface area contributed by atoms with Crippen LogP contribution in [0.15, 0.2) is 42.6 Å². The summed E-state index contributed by atoms with van der Waals surface area (Å²) in [4.78, 5) is 14.6. The molecule has 0 radical (unpaired) electrons. The molecular weight excluding hydrogens is 389 g/mol. The van der Waals surface area contributed by atoms with Crippen molar-refractivity contribution in [1.29, 1.82) is 0 Å². The number of amides is 1. The molecule has 1 fully saturated rings. The fraction of sp³-hybridized carbons (Fsp3) is 0.353. The van der Waals surface area contributed by atoms with Gasteiger partial charge in [0.1, 0.15) is 0 Å². The summed E-state index contributed by atoms with van der Waals surface area (Å²) >= 11 is 2.24. The Morgan fingerprint density at radius 1 is 1.32 bits per heavy atom. The van der Waals surface area contributed by atoms with E-state index in [2.05, 4.69) is 62.8 Å². The number of aromatic nitrogens is 1. The van der Waals surface area contributed by atoms with Crippen molar-refractivity contribution in [2.24, 2.45) is 7.05 Å². The second-order valence-corrected chi connectivity index (χ2v) is 6.86. The van der Waals surface area contributed by atoms with E-state index in [1.165, 1.54) is 5.69 Å². The SMILES string of the molecule is Cn1cccc1[C@@H]1CCCN1CC(=O)Nc1ccccc1I. The zero-order chi connectivity index (χ0) is 15.5. The number of carbonyl (C=O) groups excluding carboxylic acids is 1. The second-order valence-electron chi connectivity index (χ2n) is 5.70. The number of anilines is 1. The van der Waals surface area contributed by atoms with Crippen LogP contribution in [-0.4, -0.2) is 28.5 Å². The van der Waals surface area contributed by atoms with E-state index in [0.717, 1.165) is 28.6 Å². The number of benzene rings is 1. The quantitative estimate of drug-likeness (QED) is 0.787. The van der Waals surface area contributed by atoms with Gasteiger partial charge in [-0.3, -0.25) is 9.69 Å². The van der Waals surface area contributed by atoms with Crippen LogP contribution in [0.2, 0.25) is 0 Å². The van der Waals surface area contributed by atoms with E-state index in [1.54, 1.807) is 0 Å². The Kier molecular flexibility index (Phi) is 4.83. The Labute approximate surface area is 144 Å². The van der Waals surface area contributed by atoms with Crippen molar-refractivity contribution in [3.8, 4) is 0 Å². The first kappa shape index (κ1) is 15.6. The molecule has 0 unspecified atom stereocenters. The zero-order valence-electron chi connectivity index (χ0n) is 12.6. The number of hydrogen-bond donors (Lipinski definition) is 1. The van der Waals surface area contributed by atoms with Crippen LogP contribution in [0.1, 0.15) is 24.6 Å². The van der Waals surface area contributed by atoms with Gasteiger partial charge in [0.2, 0.25) is 5.91 Å². The molecule has 1 aliphatic heterocycles. The summed E-state index contributed by atoms with van der Waals surface area (Å²) in [6.07, 6.45) is 4.33. The van der Waals surface area contributed by atoms with Crippen LogP contribution in [0, 0.1) is 3.57 Å². The van der Waals surface area contributed by atoms with E-state index in [9.17, 15) is 4.79 Å². The predicted octanol–water partition coefficient (Wildman–Crippen LogP) is 3.41. The standard InChI is InChI=1S/C17H20IN3O/c1-20-10-4-8-15(20)16-9-5-11-21(16)12-17(22)19-14-7-3-2-6-13(14)18/h2-4,6-8,10,16H,5,9,11-12H2,1H3,(H,19,22)/t16-/m0/s1. The number of likely N-dealkylation sites (tertiary alicyclic amines) is 1. The van der Waals surface area contributed by atoms with Gasteiger partial charge in [-0.25, -0.2) is 0 Å². The minimum absolute atomic E-state index is 0.0604. The predicted molar refractivity (Wildman–Crippen MR) is 96.7 cm³/mol. The number of hydrogen-bond acceptors (Lipinski definition) is 2. The van der Waals surface area contributed by atoms with E-state index in [1.807, 2.05) is 24.3 Å². The van der Waals surface area contributed by atoms with Crippen molar-refractivity contribution in [3.05, 3.63) is 51.9 Å². The first-order valence-corrected chi connectivity index (χ1v) is 8.62. The second kappa shape index (κ2) is 6.83. The summed E-state index contributed by atoms with van der Waals surface area (Å²) in [5, 5.41) is 3.02. The number of nitrogens with zero attached hydrogens (tertiary/aromatic N) is 2. The first-order valence-electron chi connectivity index (χ1n) is 7.55. The van der Waals surface area contributed by atoms with Gasteiger partial charge in [-0.1, -0.05) is 12.1 Å². The molecular formula is C17H20IN3O. The third-order valence-corrected chi connectivity index (χ3v) is 5.12. The molecule has 1 aromatic carbocycles. The molecule has 1 aromatic heterocycles. The maximum Gasteiger partial charge on any atom is 0.238 e. The largest absolute Gasteiger partial charge is 0.353 e. The van der Waals surface area contributed by atoms with Crippen LogP contribution in [0.3, 0.4) is 0 Å². The molecule has 2 heterocycles. The van der Waals surface area contributed by atoms with Crippen molar-refractivity contribution >= 4 is 34.2 Å². The molecule has 1 amide bonds. The van der Waals surface area contributed by atoms with Crippen molar-refractivity contribution in [2.45, 2.75) is 18.9 Å². The third-order valence-electron chi connectivity index (χ3n) is 4.18. The van der Waals surface area contributed by atoms with Gasteiger partial charge in [0, 0.05) is 22.5 Å². The van der Waals surface area contributed by atoms with Crippen molar-refractivity contribution in [2.75, 3.05) is 18.4 Å². The van der Waals surface area contributed by atoms with Gasteiger partial charge in [0.05, 0.1) is 18.3 Å². The van der Waals surface area contributed by atoms with Crippen LogP contribution in [0.5, 0.6) is 0 Å². The molecule has 1 saturated heterocycles. The van der Waals surface area contributed by atoms with Crippen LogP contribution in [0.4, 0.5) is 5.69 Å². The maximum absolute atomic E-state index is 12.4. The monoisotopic (exact) mass is 409 g/mol. The summed E-state index contributed by atoms with van der Waals surface area (Å²) < 4.78 is 3.22. The van der Waals surface area contributed by atoms with Crippen molar-refractivity contribution < 1.29 is 4.79 Å². The summed E-state index contributed by atoms with van der Waals surface area (Å²) in [7, 11) is 2.07. The normalized spacial score (nSPS) is 18.5. The maximum atomic E-state index is 12.4. The molecule has 0 aliphatic carbocycles. The Hall–Kier alpha value is -1.34. The molecule has 2 aromatic rings. The average Bonchev–Trinajstić information content (AvgIpc) is 3.10. The summed E-state index contributed by atoms with van der Waals surface area (Å²) in [6, 6.07) is 12.4. The van der Waals surface area contributed by atoms with Gasteiger partial charge in [0.25, 0.3) is 0 Å². The summed E-state index contributed by atoms with van der Waals surface area (Å²) in [5.74, 6) is 0.0604. The topological polar surface area (TPSA) is 37.3 Å². The van der Waals surface area contributed by atoms with E-state index in [0.29, 0.717) is 12.6 Å². The van der Waals surface area contributed by atoms with Crippen LogP contribution in [-0.2, 0) is 11.8 Å². The number of para-hydroxylation sites is 1. The van der Waals surface area contributed by atoms with Gasteiger partial charge >= 0.3 is 0 Å². The lowest BCUT2D eigenvalue weighted by atomic mass is 10.1. The summed E-state index contributed by atoms with van der Waals surface area (Å²) in [5.41, 5.74) is 2.18. The molecule has 0 saturated carbocycles. The molecule has 22 heavy (non-hydrogen) atoms. The molecule has 3 rings (SSSR count). The highest BCUT2D eigenvalue weighted by molar-refractivity contribution is 14.1. The highest BCUT2D eigenvalue weighted by atomic mass is 127. The molecule has 5 heteroatoms. The molecule has 1 atom stereocenters. The van der Waals surface area contributed by atoms with Gasteiger partial charge < -0.3 is 9.88 Å². The molecule has 0 spiro atoms. The summed E-state index contributed by atoms with van der Waals surface area (Å²) in [6.45, 7) is 1.43. The molecule has 116 valence electrons. The number of rotatable bonds is 4. The van der Waals surface area contributed by atoms with Gasteiger partial charge in [0.15, 0.2) is 0 Å². The molecule has 4 nitrogen and oxygen atoms in total. The molecule has 1 aliphatic rings. The van der Waals surface area contributed by atoms with Gasteiger partial charge in [-0.15, -0.1) is 0 Å². The van der Waals surface area contributed by atoms with Crippen LogP contribution < -0.4 is 5.32 Å². The van der Waals surface area contributed by atoms with Crippen LogP contribution >= 0.6 is 22.6 Å². The first-order chi connectivity index (χ1) is 10.6. The van der Waals surface area contributed by atoms with E-state index in [-0.39, 0.29) is 5.91 Å². The Balaban J connectivity index is 1.66. The zero-order valence-corrected chi connectivity index (χ0v) is 14.8. The van der Waals surface area contributed by atoms with E-state index >= 15 is 0 Å². The third kappa shape index (κ3) is 3.35. The number of halogens is 1. The average molecular weight is 409 g/mol. The highest BCUT2D eigenvalue weighted by Gasteiger charge is 2.28. The molecule has 0 bridgehead atoms. The number of aryl methyl sites for hydroxylation is 1. The lowest BCUT2D eigenvalue weighted by Crippen LogP contribution is -2.33. The van der Waals surface area contributed by atoms with Crippen molar-refractivity contribution in [3.63, 3.8) is 0 Å².